The summed E-state index contributed by atoms with van der Waals surface area (Å²) in [7, 11) is 0. The van der Waals surface area contributed by atoms with Crippen molar-refractivity contribution >= 4 is 36.4 Å². The van der Waals surface area contributed by atoms with Crippen molar-refractivity contribution in [2.45, 2.75) is 32.9 Å². The third kappa shape index (κ3) is 7.68. The van der Waals surface area contributed by atoms with Crippen molar-refractivity contribution in [1.82, 2.24) is 10.2 Å². The van der Waals surface area contributed by atoms with Gasteiger partial charge in [-0.15, -0.1) is 24.8 Å². The Morgan fingerprint density at radius 2 is 1.92 bits per heavy atom. The van der Waals surface area contributed by atoms with Crippen LogP contribution in [0.5, 0.6) is 5.75 Å². The predicted octanol–water partition coefficient (Wildman–Crippen LogP) is 2.57. The summed E-state index contributed by atoms with van der Waals surface area (Å²) in [5, 5.41) is 6.10. The molecule has 26 heavy (non-hydrogen) atoms. The van der Waals surface area contributed by atoms with Crippen LogP contribution >= 0.6 is 24.8 Å². The van der Waals surface area contributed by atoms with Crippen LogP contribution in [-0.4, -0.2) is 62.3 Å². The van der Waals surface area contributed by atoms with E-state index in [1.165, 1.54) is 0 Å². The van der Waals surface area contributed by atoms with Crippen molar-refractivity contribution < 1.29 is 14.3 Å². The second-order valence-corrected chi connectivity index (χ2v) is 5.90. The van der Waals surface area contributed by atoms with E-state index in [0.29, 0.717) is 19.8 Å². The number of anilines is 1. The van der Waals surface area contributed by atoms with Gasteiger partial charge in [-0.3, -0.25) is 4.79 Å². The average molecular weight is 408 g/mol. The smallest absolute Gasteiger partial charge is 0.244 e. The lowest BCUT2D eigenvalue weighted by molar-refractivity contribution is -0.123. The van der Waals surface area contributed by atoms with Crippen molar-refractivity contribution in [3.63, 3.8) is 0 Å². The molecular weight excluding hydrogens is 377 g/mol. The van der Waals surface area contributed by atoms with E-state index >= 15 is 0 Å². The van der Waals surface area contributed by atoms with E-state index in [9.17, 15) is 4.79 Å². The number of carbonyl (C=O) groups excluding carboxylic acids is 1. The summed E-state index contributed by atoms with van der Waals surface area (Å²) in [6.45, 7) is 11.2. The fourth-order valence-corrected chi connectivity index (χ4v) is 2.71. The molecular formula is C18H31Cl2N3O3. The van der Waals surface area contributed by atoms with E-state index in [0.717, 1.165) is 31.1 Å². The lowest BCUT2D eigenvalue weighted by Crippen LogP contribution is -2.53. The molecule has 1 saturated heterocycles. The molecule has 2 N–H and O–H groups in total. The topological polar surface area (TPSA) is 62.8 Å². The van der Waals surface area contributed by atoms with E-state index in [-0.39, 0.29) is 42.9 Å². The Labute approximate surface area is 168 Å². The van der Waals surface area contributed by atoms with Gasteiger partial charge in [0.1, 0.15) is 18.4 Å². The predicted molar refractivity (Wildman–Crippen MR) is 110 cm³/mol. The molecule has 1 amide bonds. The Morgan fingerprint density at radius 3 is 2.50 bits per heavy atom. The number of morpholine rings is 1. The maximum absolute atomic E-state index is 12.3. The summed E-state index contributed by atoms with van der Waals surface area (Å²) >= 11 is 0. The summed E-state index contributed by atoms with van der Waals surface area (Å²) < 4.78 is 11.2. The van der Waals surface area contributed by atoms with Crippen LogP contribution in [0.25, 0.3) is 0 Å². The highest BCUT2D eigenvalue weighted by molar-refractivity contribution is 5.95. The number of hydrogen-bond donors (Lipinski definition) is 2. The zero-order valence-electron chi connectivity index (χ0n) is 15.7. The number of hydrogen-bond acceptors (Lipinski definition) is 5. The number of carbonyl (C=O) groups is 1. The van der Waals surface area contributed by atoms with Crippen molar-refractivity contribution in [3.8, 4) is 5.75 Å². The minimum absolute atomic E-state index is 0. The van der Waals surface area contributed by atoms with Crippen LogP contribution in [0, 0.1) is 0 Å². The zero-order valence-corrected chi connectivity index (χ0v) is 17.3. The maximum Gasteiger partial charge on any atom is 0.244 e. The minimum atomic E-state index is -0.316. The van der Waals surface area contributed by atoms with Crippen molar-refractivity contribution in [2.75, 3.05) is 44.7 Å². The van der Waals surface area contributed by atoms with Gasteiger partial charge in [-0.1, -0.05) is 13.8 Å². The van der Waals surface area contributed by atoms with Gasteiger partial charge in [-0.05, 0) is 44.3 Å². The Bertz CT molecular complexity index is 513. The molecule has 1 fully saturated rings. The fourth-order valence-electron chi connectivity index (χ4n) is 2.71. The Kier molecular flexibility index (Phi) is 12.6. The van der Waals surface area contributed by atoms with Gasteiger partial charge in [-0.25, -0.2) is 0 Å². The molecule has 0 radical (unpaired) electrons. The summed E-state index contributed by atoms with van der Waals surface area (Å²) in [5.41, 5.74) is 0.760. The number of likely N-dealkylation sites (N-methyl/N-ethyl adjacent to an activating group) is 1. The van der Waals surface area contributed by atoms with Crippen molar-refractivity contribution in [2.24, 2.45) is 0 Å². The number of nitrogens with zero attached hydrogens (tertiary/aromatic N) is 1. The van der Waals surface area contributed by atoms with Crippen LogP contribution in [-0.2, 0) is 9.53 Å². The number of halogens is 2. The van der Waals surface area contributed by atoms with Gasteiger partial charge in [0.05, 0.1) is 12.7 Å². The molecule has 0 spiro atoms. The molecule has 0 saturated carbocycles. The lowest BCUT2D eigenvalue weighted by Gasteiger charge is -2.29. The molecule has 1 heterocycles. The molecule has 2 atom stereocenters. The highest BCUT2D eigenvalue weighted by atomic mass is 35.5. The molecule has 0 unspecified atom stereocenters. The number of ether oxygens (including phenoxy) is 2. The van der Waals surface area contributed by atoms with Gasteiger partial charge in [0.2, 0.25) is 5.91 Å². The largest absolute Gasteiger partial charge is 0.492 e. The van der Waals surface area contributed by atoms with Gasteiger partial charge in [0, 0.05) is 18.8 Å². The normalized spacial score (nSPS) is 19.2. The van der Waals surface area contributed by atoms with E-state index in [4.69, 9.17) is 9.47 Å². The molecule has 0 aliphatic carbocycles. The van der Waals surface area contributed by atoms with Crippen LogP contribution in [0.3, 0.4) is 0 Å². The highest BCUT2D eigenvalue weighted by Gasteiger charge is 2.28. The van der Waals surface area contributed by atoms with Gasteiger partial charge in [-0.2, -0.15) is 0 Å². The van der Waals surface area contributed by atoms with Gasteiger partial charge < -0.3 is 25.0 Å². The number of rotatable bonds is 8. The molecule has 6 nitrogen and oxygen atoms in total. The molecule has 1 aromatic carbocycles. The first-order valence-corrected chi connectivity index (χ1v) is 8.75. The van der Waals surface area contributed by atoms with Crippen LogP contribution in [0.2, 0.25) is 0 Å². The summed E-state index contributed by atoms with van der Waals surface area (Å²) in [6, 6.07) is 7.17. The van der Waals surface area contributed by atoms with Crippen LogP contribution in [0.4, 0.5) is 5.69 Å². The third-order valence-electron chi connectivity index (χ3n) is 4.29. The summed E-state index contributed by atoms with van der Waals surface area (Å²) in [4.78, 5) is 14.6. The SMILES string of the molecule is CCN(CC)CCOc1ccc(NC(=O)[C@H]2NCCO[C@@H]2C)cc1.Cl.Cl. The van der Waals surface area contributed by atoms with E-state index in [2.05, 4.69) is 29.4 Å². The third-order valence-corrected chi connectivity index (χ3v) is 4.29. The molecule has 2 rings (SSSR count). The van der Waals surface area contributed by atoms with Crippen molar-refractivity contribution in [1.29, 1.82) is 0 Å². The fraction of sp³-hybridized carbons (Fsp3) is 0.611. The molecule has 1 aliphatic heterocycles. The van der Waals surface area contributed by atoms with E-state index in [1.54, 1.807) is 0 Å². The highest BCUT2D eigenvalue weighted by Crippen LogP contribution is 2.16. The molecule has 1 aliphatic rings. The number of nitrogens with one attached hydrogen (secondary N) is 2. The second kappa shape index (κ2) is 13.2. The van der Waals surface area contributed by atoms with Crippen LogP contribution in [0.15, 0.2) is 24.3 Å². The zero-order chi connectivity index (χ0) is 17.4. The second-order valence-electron chi connectivity index (χ2n) is 5.90. The monoisotopic (exact) mass is 407 g/mol. The molecule has 0 aromatic heterocycles. The number of benzene rings is 1. The first-order valence-electron chi connectivity index (χ1n) is 8.75. The Hall–Kier alpha value is -1.05. The van der Waals surface area contributed by atoms with E-state index in [1.807, 2.05) is 31.2 Å². The maximum atomic E-state index is 12.3. The molecule has 0 bridgehead atoms. The lowest BCUT2D eigenvalue weighted by atomic mass is 10.1. The Morgan fingerprint density at radius 1 is 1.27 bits per heavy atom. The minimum Gasteiger partial charge on any atom is -0.492 e. The summed E-state index contributed by atoms with van der Waals surface area (Å²) in [6.07, 6.45) is -0.124. The molecule has 1 aromatic rings. The van der Waals surface area contributed by atoms with Gasteiger partial charge in [0.15, 0.2) is 0 Å². The summed E-state index contributed by atoms with van der Waals surface area (Å²) in [5.74, 6) is 0.741. The first kappa shape index (κ1) is 24.9. The number of amides is 1. The van der Waals surface area contributed by atoms with Crippen molar-refractivity contribution in [3.05, 3.63) is 24.3 Å². The Balaban J connectivity index is 0.00000312. The van der Waals surface area contributed by atoms with Crippen LogP contribution < -0.4 is 15.4 Å². The quantitative estimate of drug-likeness (QED) is 0.693. The first-order chi connectivity index (χ1) is 11.6. The average Bonchev–Trinajstić information content (AvgIpc) is 2.60. The molecule has 150 valence electrons. The van der Waals surface area contributed by atoms with Gasteiger partial charge in [0.25, 0.3) is 0 Å². The standard InChI is InChI=1S/C18H29N3O3.2ClH/c1-4-21(5-2)11-13-24-16-8-6-15(7-9-16)20-18(22)17-14(3)23-12-10-19-17;;/h6-9,14,17,19H,4-5,10-13H2,1-3H3,(H,20,22);2*1H/t14-,17+;;/m1../s1. The van der Waals surface area contributed by atoms with E-state index < -0.39 is 0 Å². The van der Waals surface area contributed by atoms with Gasteiger partial charge >= 0.3 is 0 Å². The van der Waals surface area contributed by atoms with Crippen LogP contribution in [0.1, 0.15) is 20.8 Å². The molecule has 8 heteroatoms.